The molecule has 3 nitrogen and oxygen atoms in total. The Bertz CT molecular complexity index is 336. The third kappa shape index (κ3) is 3.37. The molecule has 0 saturated carbocycles. The first-order valence-electron chi connectivity index (χ1n) is 6.58. The molecule has 0 amide bonds. The van der Waals surface area contributed by atoms with Crippen LogP contribution in [0.5, 0.6) is 0 Å². The van der Waals surface area contributed by atoms with Crippen molar-refractivity contribution in [3.05, 3.63) is 23.8 Å². The van der Waals surface area contributed by atoms with Crippen LogP contribution in [0.1, 0.15) is 24.8 Å². The van der Waals surface area contributed by atoms with Crippen LogP contribution in [-0.4, -0.2) is 31.1 Å². The first kappa shape index (κ1) is 12.2. The van der Waals surface area contributed by atoms with Gasteiger partial charge in [-0.2, -0.15) is 0 Å². The molecule has 2 rings (SSSR count). The Hall–Kier alpha value is -1.22. The maximum absolute atomic E-state index is 5.95. The van der Waals surface area contributed by atoms with Crippen molar-refractivity contribution in [3.63, 3.8) is 0 Å². The van der Waals surface area contributed by atoms with E-state index in [1.54, 1.807) is 0 Å². The van der Waals surface area contributed by atoms with Crippen LogP contribution in [0.4, 0.5) is 11.4 Å². The fourth-order valence-electron chi connectivity index (χ4n) is 2.45. The topological polar surface area (TPSA) is 41.3 Å². The molecule has 1 aromatic carbocycles. The summed E-state index contributed by atoms with van der Waals surface area (Å²) in [6.07, 6.45) is 3.93. The van der Waals surface area contributed by atoms with Crippen molar-refractivity contribution in [1.82, 2.24) is 4.90 Å². The maximum Gasteiger partial charge on any atom is 0.0603 e. The number of nitrogens with two attached hydrogens (primary N) is 1. The summed E-state index contributed by atoms with van der Waals surface area (Å²) in [5.74, 6) is 0. The van der Waals surface area contributed by atoms with E-state index < -0.39 is 0 Å². The summed E-state index contributed by atoms with van der Waals surface area (Å²) in [6.45, 7) is 6.88. The standard InChI is InChI=1S/C14H23N3/c1-12-6-4-7-13(15)14(12)16-8-5-11-17-9-2-3-10-17/h4,6-7,16H,2-3,5,8-11,15H2,1H3. The molecule has 1 aliphatic heterocycles. The molecule has 1 aromatic rings. The van der Waals surface area contributed by atoms with E-state index in [0.717, 1.165) is 17.9 Å². The van der Waals surface area contributed by atoms with E-state index in [2.05, 4.69) is 23.2 Å². The summed E-state index contributed by atoms with van der Waals surface area (Å²) in [4.78, 5) is 2.54. The van der Waals surface area contributed by atoms with Gasteiger partial charge in [0.05, 0.1) is 11.4 Å². The molecule has 17 heavy (non-hydrogen) atoms. The number of anilines is 2. The molecule has 3 heteroatoms. The predicted octanol–water partition coefficient (Wildman–Crippen LogP) is 2.48. The van der Waals surface area contributed by atoms with Gasteiger partial charge in [-0.25, -0.2) is 0 Å². The lowest BCUT2D eigenvalue weighted by atomic mass is 10.1. The first-order valence-corrected chi connectivity index (χ1v) is 6.58. The van der Waals surface area contributed by atoms with Gasteiger partial charge in [0.1, 0.15) is 0 Å². The van der Waals surface area contributed by atoms with Crippen molar-refractivity contribution in [2.24, 2.45) is 0 Å². The Morgan fingerprint density at radius 2 is 2.06 bits per heavy atom. The van der Waals surface area contributed by atoms with Crippen molar-refractivity contribution in [1.29, 1.82) is 0 Å². The van der Waals surface area contributed by atoms with Crippen molar-refractivity contribution >= 4 is 11.4 Å². The fraction of sp³-hybridized carbons (Fsp3) is 0.571. The number of hydrogen-bond acceptors (Lipinski definition) is 3. The molecule has 94 valence electrons. The Morgan fingerprint density at radius 3 is 2.76 bits per heavy atom. The predicted molar refractivity (Wildman–Crippen MR) is 74.4 cm³/mol. The van der Waals surface area contributed by atoms with Gasteiger partial charge in [0.25, 0.3) is 0 Å². The van der Waals surface area contributed by atoms with Crippen LogP contribution in [0.25, 0.3) is 0 Å². The normalized spacial score (nSPS) is 16.3. The Morgan fingerprint density at radius 1 is 1.29 bits per heavy atom. The lowest BCUT2D eigenvalue weighted by Crippen LogP contribution is -2.22. The minimum atomic E-state index is 0.853. The van der Waals surface area contributed by atoms with Gasteiger partial charge < -0.3 is 16.0 Å². The number of nitrogen functional groups attached to an aromatic ring is 1. The van der Waals surface area contributed by atoms with Gasteiger partial charge >= 0.3 is 0 Å². The number of likely N-dealkylation sites (tertiary alicyclic amines) is 1. The zero-order valence-electron chi connectivity index (χ0n) is 10.7. The van der Waals surface area contributed by atoms with Gasteiger partial charge in [0.2, 0.25) is 0 Å². The van der Waals surface area contributed by atoms with Gasteiger partial charge in [-0.1, -0.05) is 12.1 Å². The lowest BCUT2D eigenvalue weighted by molar-refractivity contribution is 0.337. The molecule has 1 aliphatic rings. The SMILES string of the molecule is Cc1cccc(N)c1NCCCN1CCCC1. The zero-order valence-corrected chi connectivity index (χ0v) is 10.7. The highest BCUT2D eigenvalue weighted by Crippen LogP contribution is 2.22. The molecule has 0 atom stereocenters. The van der Waals surface area contributed by atoms with Crippen molar-refractivity contribution < 1.29 is 0 Å². The summed E-state index contributed by atoms with van der Waals surface area (Å²) in [6, 6.07) is 6.05. The molecule has 0 radical (unpaired) electrons. The van der Waals surface area contributed by atoms with Crippen molar-refractivity contribution in [3.8, 4) is 0 Å². The lowest BCUT2D eigenvalue weighted by Gasteiger charge is -2.16. The van der Waals surface area contributed by atoms with E-state index in [0.29, 0.717) is 0 Å². The highest BCUT2D eigenvalue weighted by atomic mass is 15.1. The number of rotatable bonds is 5. The van der Waals surface area contributed by atoms with Gasteiger partial charge in [0.15, 0.2) is 0 Å². The highest BCUT2D eigenvalue weighted by molar-refractivity contribution is 5.69. The number of hydrogen-bond donors (Lipinski definition) is 2. The Balaban J connectivity index is 1.74. The van der Waals surface area contributed by atoms with Crippen molar-refractivity contribution in [2.75, 3.05) is 37.2 Å². The summed E-state index contributed by atoms with van der Waals surface area (Å²) in [7, 11) is 0. The van der Waals surface area contributed by atoms with Crippen LogP contribution in [0, 0.1) is 6.92 Å². The molecule has 0 aliphatic carbocycles. The molecule has 1 saturated heterocycles. The molecule has 0 spiro atoms. The number of aryl methyl sites for hydroxylation is 1. The van der Waals surface area contributed by atoms with Crippen LogP contribution in [0.2, 0.25) is 0 Å². The second-order valence-corrected chi connectivity index (χ2v) is 4.87. The molecular formula is C14H23N3. The van der Waals surface area contributed by atoms with Crippen LogP contribution in [0.15, 0.2) is 18.2 Å². The average molecular weight is 233 g/mol. The number of para-hydroxylation sites is 1. The third-order valence-electron chi connectivity index (χ3n) is 3.46. The van der Waals surface area contributed by atoms with E-state index >= 15 is 0 Å². The number of benzene rings is 1. The van der Waals surface area contributed by atoms with Gasteiger partial charge in [0, 0.05) is 6.54 Å². The van der Waals surface area contributed by atoms with E-state index in [4.69, 9.17) is 5.73 Å². The third-order valence-corrected chi connectivity index (χ3v) is 3.46. The minimum absolute atomic E-state index is 0.853. The molecule has 0 bridgehead atoms. The first-order chi connectivity index (χ1) is 8.27. The van der Waals surface area contributed by atoms with Crippen LogP contribution in [-0.2, 0) is 0 Å². The van der Waals surface area contributed by atoms with Crippen LogP contribution in [0.3, 0.4) is 0 Å². The van der Waals surface area contributed by atoms with E-state index in [1.165, 1.54) is 44.5 Å². The summed E-state index contributed by atoms with van der Waals surface area (Å²) >= 11 is 0. The quantitative estimate of drug-likeness (QED) is 0.606. The molecule has 1 fully saturated rings. The molecule has 0 aromatic heterocycles. The van der Waals surface area contributed by atoms with E-state index in [9.17, 15) is 0 Å². The average Bonchev–Trinajstić information content (AvgIpc) is 2.80. The van der Waals surface area contributed by atoms with E-state index in [1.807, 2.05) is 12.1 Å². The number of nitrogens with zero attached hydrogens (tertiary/aromatic N) is 1. The summed E-state index contributed by atoms with van der Waals surface area (Å²) < 4.78 is 0. The fourth-order valence-corrected chi connectivity index (χ4v) is 2.45. The van der Waals surface area contributed by atoms with E-state index in [-0.39, 0.29) is 0 Å². The molecular weight excluding hydrogens is 210 g/mol. The second kappa shape index (κ2) is 5.92. The summed E-state index contributed by atoms with van der Waals surface area (Å²) in [5.41, 5.74) is 9.14. The Kier molecular flexibility index (Phi) is 4.26. The van der Waals surface area contributed by atoms with Gasteiger partial charge in [-0.15, -0.1) is 0 Å². The number of nitrogens with one attached hydrogen (secondary N) is 1. The largest absolute Gasteiger partial charge is 0.397 e. The highest BCUT2D eigenvalue weighted by Gasteiger charge is 2.10. The minimum Gasteiger partial charge on any atom is -0.397 e. The Labute approximate surface area is 104 Å². The molecule has 3 N–H and O–H groups in total. The molecule has 0 unspecified atom stereocenters. The molecule has 1 heterocycles. The smallest absolute Gasteiger partial charge is 0.0603 e. The second-order valence-electron chi connectivity index (χ2n) is 4.87. The van der Waals surface area contributed by atoms with Crippen LogP contribution >= 0.6 is 0 Å². The summed E-state index contributed by atoms with van der Waals surface area (Å²) in [5, 5.41) is 3.45. The monoisotopic (exact) mass is 233 g/mol. The van der Waals surface area contributed by atoms with Gasteiger partial charge in [-0.05, 0) is 57.5 Å². The van der Waals surface area contributed by atoms with Gasteiger partial charge in [-0.3, -0.25) is 0 Å². The van der Waals surface area contributed by atoms with Crippen molar-refractivity contribution in [2.45, 2.75) is 26.2 Å². The van der Waals surface area contributed by atoms with Crippen LogP contribution < -0.4 is 11.1 Å². The maximum atomic E-state index is 5.95. The zero-order chi connectivity index (χ0) is 12.1.